The molecule has 2 aromatic heterocycles. The van der Waals surface area contributed by atoms with Gasteiger partial charge in [0.1, 0.15) is 5.02 Å². The van der Waals surface area contributed by atoms with Crippen LogP contribution in [-0.4, -0.2) is 32.9 Å². The lowest BCUT2D eigenvalue weighted by Crippen LogP contribution is -2.32. The minimum atomic E-state index is -0.238. The molecule has 132 valence electrons. The fraction of sp³-hybridized carbons (Fsp3) is 0.353. The summed E-state index contributed by atoms with van der Waals surface area (Å²) in [5, 5.41) is 13.6. The van der Waals surface area contributed by atoms with Crippen molar-refractivity contribution in [2.45, 2.75) is 32.7 Å². The molecule has 3 N–H and O–H groups in total. The van der Waals surface area contributed by atoms with Gasteiger partial charge >= 0.3 is 6.03 Å². The van der Waals surface area contributed by atoms with Gasteiger partial charge in [0.2, 0.25) is 0 Å². The van der Waals surface area contributed by atoms with Gasteiger partial charge in [0.15, 0.2) is 11.5 Å². The number of nitrogens with zero attached hydrogens (tertiary/aromatic N) is 3. The highest BCUT2D eigenvalue weighted by molar-refractivity contribution is 6.34. The molecule has 0 aliphatic rings. The van der Waals surface area contributed by atoms with E-state index in [0.29, 0.717) is 23.0 Å². The highest BCUT2D eigenvalue weighted by Crippen LogP contribution is 2.32. The topological polar surface area (TPSA) is 87.1 Å². The third kappa shape index (κ3) is 3.32. The van der Waals surface area contributed by atoms with Gasteiger partial charge in [0.05, 0.1) is 5.69 Å². The number of urea groups is 1. The van der Waals surface area contributed by atoms with Gasteiger partial charge in [-0.25, -0.2) is 9.78 Å². The molecule has 0 unspecified atom stereocenters. The summed E-state index contributed by atoms with van der Waals surface area (Å²) in [7, 11) is 1.58. The van der Waals surface area contributed by atoms with Gasteiger partial charge in [-0.15, -0.1) is 5.10 Å². The first-order chi connectivity index (χ1) is 11.8. The van der Waals surface area contributed by atoms with Crippen LogP contribution in [0.5, 0.6) is 0 Å². The molecule has 8 heteroatoms. The zero-order valence-corrected chi connectivity index (χ0v) is 15.4. The van der Waals surface area contributed by atoms with E-state index in [-0.39, 0.29) is 11.4 Å². The van der Waals surface area contributed by atoms with Crippen molar-refractivity contribution in [1.29, 1.82) is 0 Å². The van der Waals surface area contributed by atoms with Crippen molar-refractivity contribution in [1.82, 2.24) is 30.4 Å². The van der Waals surface area contributed by atoms with E-state index in [0.717, 1.165) is 16.8 Å². The van der Waals surface area contributed by atoms with E-state index < -0.39 is 0 Å². The molecule has 2 heterocycles. The Morgan fingerprint density at radius 1 is 1.32 bits per heavy atom. The Labute approximate surface area is 150 Å². The maximum absolute atomic E-state index is 11.4. The zero-order valence-electron chi connectivity index (χ0n) is 14.6. The first-order valence-corrected chi connectivity index (χ1v) is 8.37. The van der Waals surface area contributed by atoms with Crippen LogP contribution in [0.25, 0.3) is 17.0 Å². The molecule has 0 aliphatic carbocycles. The second kappa shape index (κ2) is 6.40. The molecule has 25 heavy (non-hydrogen) atoms. The van der Waals surface area contributed by atoms with Gasteiger partial charge < -0.3 is 10.6 Å². The summed E-state index contributed by atoms with van der Waals surface area (Å²) in [6.07, 6.45) is 0. The van der Waals surface area contributed by atoms with Crippen molar-refractivity contribution in [3.8, 4) is 11.4 Å². The van der Waals surface area contributed by atoms with Crippen LogP contribution >= 0.6 is 11.6 Å². The summed E-state index contributed by atoms with van der Waals surface area (Å²) in [6, 6.07) is 7.45. The number of hydrogen-bond acceptors (Lipinski definition) is 3. The second-order valence-corrected chi connectivity index (χ2v) is 7.19. The second-order valence-electron chi connectivity index (χ2n) is 6.81. The first-order valence-electron chi connectivity index (χ1n) is 8.00. The fourth-order valence-electron chi connectivity index (χ4n) is 2.57. The Balaban J connectivity index is 1.99. The van der Waals surface area contributed by atoms with E-state index in [9.17, 15) is 4.79 Å². The molecule has 0 radical (unpaired) electrons. The molecule has 0 saturated heterocycles. The van der Waals surface area contributed by atoms with Crippen LogP contribution in [-0.2, 0) is 12.0 Å². The maximum atomic E-state index is 11.4. The number of rotatable bonds is 3. The Morgan fingerprint density at radius 3 is 2.68 bits per heavy atom. The van der Waals surface area contributed by atoms with Crippen LogP contribution in [0.4, 0.5) is 4.79 Å². The smallest absolute Gasteiger partial charge is 0.314 e. The van der Waals surface area contributed by atoms with Gasteiger partial charge in [0.25, 0.3) is 0 Å². The highest BCUT2D eigenvalue weighted by atomic mass is 35.5. The number of amides is 2. The standard InChI is InChI=1S/C17H21ClN6O/c1-17(2,3)13-12(18)15-21-14(23-24(15)22-13)11-8-6-5-7-10(11)9-20-16(25)19-4/h5-8,22H,9H2,1-4H3,(H2,19,20,25). The molecule has 0 spiro atoms. The number of hydrogen-bond donors (Lipinski definition) is 3. The van der Waals surface area contributed by atoms with Crippen LogP contribution in [0.1, 0.15) is 32.0 Å². The third-order valence-electron chi connectivity index (χ3n) is 3.92. The van der Waals surface area contributed by atoms with Crippen LogP contribution in [0.3, 0.4) is 0 Å². The van der Waals surface area contributed by atoms with Crippen molar-refractivity contribution in [3.05, 3.63) is 40.5 Å². The molecule has 3 rings (SSSR count). The summed E-state index contributed by atoms with van der Waals surface area (Å²) < 4.78 is 1.60. The number of halogens is 1. The lowest BCUT2D eigenvalue weighted by molar-refractivity contribution is 0.242. The number of carbonyl (C=O) groups excluding carboxylic acids is 1. The van der Waals surface area contributed by atoms with Crippen molar-refractivity contribution in [3.63, 3.8) is 0 Å². The number of aromatic nitrogens is 4. The summed E-state index contributed by atoms with van der Waals surface area (Å²) in [5.41, 5.74) is 3.13. The minimum Gasteiger partial charge on any atom is -0.341 e. The number of aromatic amines is 1. The van der Waals surface area contributed by atoms with Crippen LogP contribution in [0, 0.1) is 0 Å². The van der Waals surface area contributed by atoms with Crippen molar-refractivity contribution < 1.29 is 4.79 Å². The SMILES string of the molecule is CNC(=O)NCc1ccccc1-c1nc2c(Cl)c(C(C)(C)C)[nH]n2n1. The van der Waals surface area contributed by atoms with Gasteiger partial charge in [-0.3, -0.25) is 5.10 Å². The van der Waals surface area contributed by atoms with E-state index in [2.05, 4.69) is 46.6 Å². The number of H-pyrrole nitrogens is 1. The Kier molecular flexibility index (Phi) is 4.43. The van der Waals surface area contributed by atoms with Crippen molar-refractivity contribution in [2.75, 3.05) is 7.05 Å². The van der Waals surface area contributed by atoms with Gasteiger partial charge in [-0.05, 0) is 5.56 Å². The normalized spacial score (nSPS) is 11.7. The Hall–Kier alpha value is -2.54. The largest absolute Gasteiger partial charge is 0.341 e. The summed E-state index contributed by atoms with van der Waals surface area (Å²) >= 11 is 6.48. The van der Waals surface area contributed by atoms with Crippen molar-refractivity contribution >= 4 is 23.3 Å². The number of nitrogens with one attached hydrogen (secondary N) is 3. The minimum absolute atomic E-state index is 0.130. The Morgan fingerprint density at radius 2 is 2.04 bits per heavy atom. The van der Waals surface area contributed by atoms with E-state index in [1.54, 1.807) is 11.7 Å². The Bertz CT molecular complexity index is 921. The molecule has 7 nitrogen and oxygen atoms in total. The quantitative estimate of drug-likeness (QED) is 0.670. The van der Waals surface area contributed by atoms with Gasteiger partial charge in [0, 0.05) is 24.6 Å². The molecule has 0 atom stereocenters. The summed E-state index contributed by atoms with van der Waals surface area (Å²) in [4.78, 5) is 16.0. The van der Waals surface area contributed by atoms with E-state index in [1.165, 1.54) is 0 Å². The average Bonchev–Trinajstić information content (AvgIpc) is 3.12. The molecule has 0 fully saturated rings. The van der Waals surface area contributed by atoms with Crippen LogP contribution in [0.2, 0.25) is 5.02 Å². The molecular weight excluding hydrogens is 340 g/mol. The highest BCUT2D eigenvalue weighted by Gasteiger charge is 2.24. The molecule has 0 bridgehead atoms. The maximum Gasteiger partial charge on any atom is 0.314 e. The van der Waals surface area contributed by atoms with E-state index >= 15 is 0 Å². The first kappa shape index (κ1) is 17.3. The van der Waals surface area contributed by atoms with E-state index in [4.69, 9.17) is 11.6 Å². The van der Waals surface area contributed by atoms with Crippen LogP contribution in [0.15, 0.2) is 24.3 Å². The summed E-state index contributed by atoms with van der Waals surface area (Å²) in [6.45, 7) is 6.60. The monoisotopic (exact) mass is 360 g/mol. The van der Waals surface area contributed by atoms with Crippen molar-refractivity contribution in [2.24, 2.45) is 0 Å². The molecule has 0 aliphatic heterocycles. The number of fused-ring (bicyclic) bond motifs is 1. The molecule has 2 amide bonds. The van der Waals surface area contributed by atoms with E-state index in [1.807, 2.05) is 24.3 Å². The van der Waals surface area contributed by atoms with Gasteiger partial charge in [-0.2, -0.15) is 4.63 Å². The lowest BCUT2D eigenvalue weighted by Gasteiger charge is -2.16. The molecule has 3 aromatic rings. The number of carbonyl (C=O) groups is 1. The predicted octanol–water partition coefficient (Wildman–Crippen LogP) is 3.10. The number of benzene rings is 1. The van der Waals surface area contributed by atoms with Crippen LogP contribution < -0.4 is 10.6 Å². The zero-order chi connectivity index (χ0) is 18.2. The molecular formula is C17H21ClN6O. The fourth-order valence-corrected chi connectivity index (χ4v) is 3.01. The third-order valence-corrected chi connectivity index (χ3v) is 4.27. The summed E-state index contributed by atoms with van der Waals surface area (Å²) in [5.74, 6) is 0.558. The predicted molar refractivity (Wildman–Crippen MR) is 97.8 cm³/mol. The van der Waals surface area contributed by atoms with Gasteiger partial charge in [-0.1, -0.05) is 56.6 Å². The lowest BCUT2D eigenvalue weighted by atomic mass is 9.92. The molecule has 1 aromatic carbocycles. The average molecular weight is 361 g/mol. The molecule has 0 saturated carbocycles.